The van der Waals surface area contributed by atoms with Crippen LogP contribution >= 0.6 is 12.2 Å². The molecule has 0 unspecified atom stereocenters. The number of benzene rings is 1. The van der Waals surface area contributed by atoms with E-state index in [2.05, 4.69) is 30.3 Å². The van der Waals surface area contributed by atoms with Gasteiger partial charge in [-0.1, -0.05) is 19.1 Å². The second-order valence-electron chi connectivity index (χ2n) is 4.22. The summed E-state index contributed by atoms with van der Waals surface area (Å²) in [7, 11) is 2.11. The molecule has 0 heterocycles. The van der Waals surface area contributed by atoms with Crippen LogP contribution in [0.2, 0.25) is 0 Å². The highest BCUT2D eigenvalue weighted by atomic mass is 32.1. The molecule has 0 saturated carbocycles. The van der Waals surface area contributed by atoms with Crippen LogP contribution in [0.15, 0.2) is 18.2 Å². The van der Waals surface area contributed by atoms with Crippen molar-refractivity contribution in [1.29, 1.82) is 0 Å². The molecule has 0 aliphatic rings. The summed E-state index contributed by atoms with van der Waals surface area (Å²) in [5.74, 6) is 0. The molecule has 4 heteroatoms. The second kappa shape index (κ2) is 6.57. The monoisotopic (exact) mass is 251 g/mol. The number of thiocarbonyl (C=S) groups is 1. The van der Waals surface area contributed by atoms with E-state index in [0.717, 1.165) is 36.4 Å². The van der Waals surface area contributed by atoms with Gasteiger partial charge in [0.2, 0.25) is 0 Å². The number of hydrogen-bond acceptors (Lipinski definition) is 3. The average Bonchev–Trinajstić information content (AvgIpc) is 2.28. The summed E-state index contributed by atoms with van der Waals surface area (Å²) < 4.78 is 0. The zero-order valence-electron chi connectivity index (χ0n) is 10.8. The highest BCUT2D eigenvalue weighted by molar-refractivity contribution is 7.80. The van der Waals surface area contributed by atoms with Gasteiger partial charge in [0, 0.05) is 24.3 Å². The fourth-order valence-corrected chi connectivity index (χ4v) is 1.83. The maximum absolute atomic E-state index is 5.63. The van der Waals surface area contributed by atoms with Crippen molar-refractivity contribution in [3.05, 3.63) is 29.3 Å². The SMILES string of the molecule is CCN(C)CCNc1ccc(C(N)=S)c(C)c1. The van der Waals surface area contributed by atoms with Crippen molar-refractivity contribution < 1.29 is 0 Å². The fraction of sp³-hybridized carbons (Fsp3) is 0.462. The van der Waals surface area contributed by atoms with E-state index in [1.165, 1.54) is 0 Å². The van der Waals surface area contributed by atoms with Gasteiger partial charge in [-0.05, 0) is 44.3 Å². The van der Waals surface area contributed by atoms with E-state index in [4.69, 9.17) is 18.0 Å². The number of nitrogens with one attached hydrogen (secondary N) is 1. The Morgan fingerprint density at radius 1 is 1.47 bits per heavy atom. The molecule has 94 valence electrons. The smallest absolute Gasteiger partial charge is 0.104 e. The molecule has 1 aromatic carbocycles. The summed E-state index contributed by atoms with van der Waals surface area (Å²) in [6, 6.07) is 6.08. The molecular formula is C13H21N3S. The van der Waals surface area contributed by atoms with Gasteiger partial charge >= 0.3 is 0 Å². The lowest BCUT2D eigenvalue weighted by Gasteiger charge is -2.15. The molecule has 0 radical (unpaired) electrons. The van der Waals surface area contributed by atoms with Crippen molar-refractivity contribution in [2.75, 3.05) is 32.0 Å². The van der Waals surface area contributed by atoms with E-state index in [1.54, 1.807) is 0 Å². The van der Waals surface area contributed by atoms with Gasteiger partial charge < -0.3 is 16.0 Å². The van der Waals surface area contributed by atoms with Gasteiger partial charge in [0.1, 0.15) is 4.99 Å². The summed E-state index contributed by atoms with van der Waals surface area (Å²) in [5.41, 5.74) is 8.82. The Balaban J connectivity index is 2.56. The molecule has 3 N–H and O–H groups in total. The van der Waals surface area contributed by atoms with Gasteiger partial charge in [0.05, 0.1) is 0 Å². The Hall–Kier alpha value is -1.13. The summed E-state index contributed by atoms with van der Waals surface area (Å²) in [5, 5.41) is 3.39. The molecule has 1 rings (SSSR count). The molecule has 1 aromatic rings. The maximum atomic E-state index is 5.63. The minimum absolute atomic E-state index is 0.458. The number of nitrogens with zero attached hydrogens (tertiary/aromatic N) is 1. The van der Waals surface area contributed by atoms with Crippen LogP contribution in [0.3, 0.4) is 0 Å². The van der Waals surface area contributed by atoms with E-state index in [-0.39, 0.29) is 0 Å². The fourth-order valence-electron chi connectivity index (χ4n) is 1.60. The van der Waals surface area contributed by atoms with Gasteiger partial charge in [0.25, 0.3) is 0 Å². The Labute approximate surface area is 109 Å². The summed E-state index contributed by atoms with van der Waals surface area (Å²) in [6.45, 7) is 7.23. The normalized spacial score (nSPS) is 10.6. The number of anilines is 1. The van der Waals surface area contributed by atoms with Crippen molar-refractivity contribution >= 4 is 22.9 Å². The zero-order chi connectivity index (χ0) is 12.8. The predicted octanol–water partition coefficient (Wildman–Crippen LogP) is 1.99. The molecule has 3 nitrogen and oxygen atoms in total. The third kappa shape index (κ3) is 4.32. The van der Waals surface area contributed by atoms with E-state index >= 15 is 0 Å². The van der Waals surface area contributed by atoms with E-state index in [9.17, 15) is 0 Å². The van der Waals surface area contributed by atoms with Crippen LogP contribution in [-0.2, 0) is 0 Å². The number of likely N-dealkylation sites (N-methyl/N-ethyl adjacent to an activating group) is 1. The molecule has 0 saturated heterocycles. The first-order chi connectivity index (χ1) is 8.04. The van der Waals surface area contributed by atoms with Crippen LogP contribution in [0.1, 0.15) is 18.1 Å². The first-order valence-corrected chi connectivity index (χ1v) is 6.28. The molecule has 0 aliphatic carbocycles. The van der Waals surface area contributed by atoms with Crippen molar-refractivity contribution in [2.24, 2.45) is 5.73 Å². The van der Waals surface area contributed by atoms with Crippen LogP contribution in [0.4, 0.5) is 5.69 Å². The Morgan fingerprint density at radius 3 is 2.71 bits per heavy atom. The van der Waals surface area contributed by atoms with Crippen molar-refractivity contribution in [2.45, 2.75) is 13.8 Å². The van der Waals surface area contributed by atoms with Crippen LogP contribution in [0.5, 0.6) is 0 Å². The Kier molecular flexibility index (Phi) is 5.38. The van der Waals surface area contributed by atoms with E-state index < -0.39 is 0 Å². The largest absolute Gasteiger partial charge is 0.389 e. The molecule has 0 aliphatic heterocycles. The highest BCUT2D eigenvalue weighted by Crippen LogP contribution is 2.14. The lowest BCUT2D eigenvalue weighted by molar-refractivity contribution is 0.367. The van der Waals surface area contributed by atoms with E-state index in [0.29, 0.717) is 4.99 Å². The number of rotatable bonds is 6. The lowest BCUT2D eigenvalue weighted by atomic mass is 10.1. The summed E-state index contributed by atoms with van der Waals surface area (Å²) in [6.07, 6.45) is 0. The second-order valence-corrected chi connectivity index (χ2v) is 4.66. The van der Waals surface area contributed by atoms with Crippen LogP contribution in [0.25, 0.3) is 0 Å². The quantitative estimate of drug-likeness (QED) is 0.759. The predicted molar refractivity (Wildman–Crippen MR) is 78.7 cm³/mol. The Bertz CT molecular complexity index is 390. The molecular weight excluding hydrogens is 230 g/mol. The average molecular weight is 251 g/mol. The molecule has 0 atom stereocenters. The van der Waals surface area contributed by atoms with E-state index in [1.807, 2.05) is 19.1 Å². The molecule has 0 spiro atoms. The lowest BCUT2D eigenvalue weighted by Crippen LogP contribution is -2.24. The summed E-state index contributed by atoms with van der Waals surface area (Å²) in [4.78, 5) is 2.73. The van der Waals surface area contributed by atoms with Gasteiger partial charge in [-0.2, -0.15) is 0 Å². The highest BCUT2D eigenvalue weighted by Gasteiger charge is 2.02. The molecule has 0 aromatic heterocycles. The van der Waals surface area contributed by atoms with Gasteiger partial charge in [-0.25, -0.2) is 0 Å². The molecule has 0 amide bonds. The van der Waals surface area contributed by atoms with Crippen molar-refractivity contribution in [1.82, 2.24) is 4.90 Å². The van der Waals surface area contributed by atoms with Crippen LogP contribution < -0.4 is 11.1 Å². The minimum atomic E-state index is 0.458. The van der Waals surface area contributed by atoms with Gasteiger partial charge in [-0.3, -0.25) is 0 Å². The van der Waals surface area contributed by atoms with Crippen LogP contribution in [0, 0.1) is 6.92 Å². The number of aryl methyl sites for hydroxylation is 1. The Morgan fingerprint density at radius 2 is 2.18 bits per heavy atom. The van der Waals surface area contributed by atoms with Crippen molar-refractivity contribution in [3.8, 4) is 0 Å². The zero-order valence-corrected chi connectivity index (χ0v) is 11.6. The third-order valence-corrected chi connectivity index (χ3v) is 3.07. The minimum Gasteiger partial charge on any atom is -0.389 e. The van der Waals surface area contributed by atoms with Crippen molar-refractivity contribution in [3.63, 3.8) is 0 Å². The van der Waals surface area contributed by atoms with Gasteiger partial charge in [-0.15, -0.1) is 0 Å². The third-order valence-electron chi connectivity index (χ3n) is 2.85. The van der Waals surface area contributed by atoms with Crippen LogP contribution in [-0.4, -0.2) is 36.6 Å². The summed E-state index contributed by atoms with van der Waals surface area (Å²) >= 11 is 4.98. The topological polar surface area (TPSA) is 41.3 Å². The standard InChI is InChI=1S/C13H21N3S/c1-4-16(3)8-7-15-11-5-6-12(13(14)17)10(2)9-11/h5-6,9,15H,4,7-8H2,1-3H3,(H2,14,17). The first-order valence-electron chi connectivity index (χ1n) is 5.87. The number of hydrogen-bond donors (Lipinski definition) is 2. The molecule has 17 heavy (non-hydrogen) atoms. The number of nitrogens with two attached hydrogens (primary N) is 1. The molecule has 0 bridgehead atoms. The maximum Gasteiger partial charge on any atom is 0.104 e. The van der Waals surface area contributed by atoms with Gasteiger partial charge in [0.15, 0.2) is 0 Å². The first kappa shape index (κ1) is 13.9. The molecule has 0 fully saturated rings.